The molecule has 1 aromatic carbocycles. The molecule has 3 aromatic rings. The van der Waals surface area contributed by atoms with E-state index in [1.165, 1.54) is 0 Å². The fourth-order valence-electron chi connectivity index (χ4n) is 2.49. The van der Waals surface area contributed by atoms with Gasteiger partial charge in [-0.25, -0.2) is 0 Å². The molecule has 0 aliphatic carbocycles. The highest BCUT2D eigenvalue weighted by atomic mass is 35.5. The lowest BCUT2D eigenvalue weighted by Crippen LogP contribution is -2.28. The fraction of sp³-hybridized carbons (Fsp3) is 0.118. The number of aromatic carboxylic acids is 1. The summed E-state index contributed by atoms with van der Waals surface area (Å²) in [6, 6.07) is 10.3. The highest BCUT2D eigenvalue weighted by Crippen LogP contribution is 2.26. The number of hydrogen-bond acceptors (Lipinski definition) is 4. The van der Waals surface area contributed by atoms with Gasteiger partial charge >= 0.3 is 0 Å². The quantitative estimate of drug-likeness (QED) is 0.733. The average molecular weight is 343 g/mol. The minimum Gasteiger partial charge on any atom is -0.543 e. The van der Waals surface area contributed by atoms with E-state index in [2.05, 4.69) is 15.3 Å². The molecule has 0 aliphatic heterocycles. The average Bonchev–Trinajstić information content (AvgIpc) is 2.92. The van der Waals surface area contributed by atoms with E-state index < -0.39 is 5.97 Å². The second-order valence-electron chi connectivity index (χ2n) is 5.23. The summed E-state index contributed by atoms with van der Waals surface area (Å²) in [6.45, 7) is 0.267. The molecule has 2 N–H and O–H groups in total. The predicted molar refractivity (Wildman–Crippen MR) is 87.4 cm³/mol. The zero-order chi connectivity index (χ0) is 17.1. The lowest BCUT2D eigenvalue weighted by molar-refractivity contribution is -0.255. The van der Waals surface area contributed by atoms with Crippen LogP contribution in [0.5, 0.6) is 0 Å². The molecule has 2 aromatic heterocycles. The molecule has 1 amide bonds. The molecule has 0 atom stereocenters. The maximum atomic E-state index is 12.2. The molecule has 0 spiro atoms. The van der Waals surface area contributed by atoms with Crippen molar-refractivity contribution in [2.24, 2.45) is 0 Å². The number of fused-ring (bicyclic) bond motifs is 1. The summed E-state index contributed by atoms with van der Waals surface area (Å²) in [5, 5.41) is 15.1. The summed E-state index contributed by atoms with van der Waals surface area (Å²) >= 11 is 5.97. The van der Waals surface area contributed by atoms with Gasteiger partial charge in [0.15, 0.2) is 0 Å². The number of amides is 1. The van der Waals surface area contributed by atoms with Crippen molar-refractivity contribution >= 4 is 34.4 Å². The van der Waals surface area contributed by atoms with Crippen LogP contribution >= 0.6 is 11.6 Å². The van der Waals surface area contributed by atoms with Crippen LogP contribution in [0.4, 0.5) is 0 Å². The number of H-pyrrole nitrogens is 1. The number of benzene rings is 1. The molecule has 24 heavy (non-hydrogen) atoms. The van der Waals surface area contributed by atoms with Gasteiger partial charge in [0.1, 0.15) is 0 Å². The number of rotatable bonds is 5. The van der Waals surface area contributed by atoms with Gasteiger partial charge < -0.3 is 20.2 Å². The number of carbonyl (C=O) groups is 2. The number of aromatic amines is 1. The number of carboxylic acids is 1. The molecule has 3 rings (SSSR count). The maximum absolute atomic E-state index is 12.2. The Morgan fingerprint density at radius 1 is 1.25 bits per heavy atom. The minimum absolute atomic E-state index is 0.101. The Kier molecular flexibility index (Phi) is 4.48. The summed E-state index contributed by atoms with van der Waals surface area (Å²) in [5.74, 6) is -1.68. The van der Waals surface area contributed by atoms with Gasteiger partial charge in [-0.2, -0.15) is 0 Å². The molecule has 0 saturated heterocycles. The molecule has 0 bridgehead atoms. The Morgan fingerprint density at radius 3 is 2.79 bits per heavy atom. The first-order chi connectivity index (χ1) is 11.5. The maximum Gasteiger partial charge on any atom is 0.224 e. The number of carboxylic acid groups (broad SMARTS) is 1. The third kappa shape index (κ3) is 3.38. The highest BCUT2D eigenvalue weighted by molar-refractivity contribution is 6.31. The summed E-state index contributed by atoms with van der Waals surface area (Å²) in [4.78, 5) is 30.4. The largest absolute Gasteiger partial charge is 0.543 e. The predicted octanol–water partition coefficient (Wildman–Crippen LogP) is 1.44. The van der Waals surface area contributed by atoms with Crippen LogP contribution < -0.4 is 10.4 Å². The van der Waals surface area contributed by atoms with Gasteiger partial charge in [-0.15, -0.1) is 0 Å². The highest BCUT2D eigenvalue weighted by Gasteiger charge is 2.16. The minimum atomic E-state index is -1.37. The third-order valence-corrected chi connectivity index (χ3v) is 3.84. The zero-order valence-corrected chi connectivity index (χ0v) is 13.3. The van der Waals surface area contributed by atoms with E-state index in [0.29, 0.717) is 27.2 Å². The third-order valence-electron chi connectivity index (χ3n) is 3.60. The van der Waals surface area contributed by atoms with E-state index in [1.807, 2.05) is 6.07 Å². The molecule has 0 saturated carbocycles. The van der Waals surface area contributed by atoms with Crippen molar-refractivity contribution in [3.05, 3.63) is 64.6 Å². The van der Waals surface area contributed by atoms with E-state index in [4.69, 9.17) is 11.6 Å². The van der Waals surface area contributed by atoms with Gasteiger partial charge in [-0.1, -0.05) is 17.7 Å². The van der Waals surface area contributed by atoms with Gasteiger partial charge in [-0.05, 0) is 35.9 Å². The molecule has 7 heteroatoms. The Hall–Kier alpha value is -2.86. The molecule has 6 nitrogen and oxygen atoms in total. The number of pyridine rings is 1. The lowest BCUT2D eigenvalue weighted by atomic mass is 10.1. The monoisotopic (exact) mass is 342 g/mol. The van der Waals surface area contributed by atoms with E-state index in [1.54, 1.807) is 36.5 Å². The van der Waals surface area contributed by atoms with Gasteiger partial charge in [0, 0.05) is 22.1 Å². The van der Waals surface area contributed by atoms with Crippen molar-refractivity contribution in [3.8, 4) is 0 Å². The van der Waals surface area contributed by atoms with Crippen LogP contribution in [0.2, 0.25) is 5.02 Å². The van der Waals surface area contributed by atoms with Crippen LogP contribution in [0.15, 0.2) is 42.6 Å². The smallest absolute Gasteiger partial charge is 0.224 e. The van der Waals surface area contributed by atoms with Crippen molar-refractivity contribution in [1.29, 1.82) is 0 Å². The summed E-state index contributed by atoms with van der Waals surface area (Å²) in [6.07, 6.45) is 1.54. The summed E-state index contributed by atoms with van der Waals surface area (Å²) in [7, 11) is 0. The number of aromatic nitrogens is 2. The van der Waals surface area contributed by atoms with Gasteiger partial charge in [0.2, 0.25) is 5.91 Å². The number of nitrogens with one attached hydrogen (secondary N) is 2. The van der Waals surface area contributed by atoms with E-state index in [0.717, 1.165) is 0 Å². The van der Waals surface area contributed by atoms with Crippen molar-refractivity contribution in [2.45, 2.75) is 13.0 Å². The van der Waals surface area contributed by atoms with Crippen molar-refractivity contribution in [3.63, 3.8) is 0 Å². The standard InChI is InChI=1S/C17H14ClN3O3/c18-10-4-5-14-12(7-10)13(16(21-14)17(23)24)8-15(22)20-9-11-3-1-2-6-19-11/h1-7,21H,8-9H2,(H,20,22)(H,23,24)/p-1. The van der Waals surface area contributed by atoms with Crippen LogP contribution in [0.1, 0.15) is 21.7 Å². The van der Waals surface area contributed by atoms with E-state index in [9.17, 15) is 14.7 Å². The first-order valence-electron chi connectivity index (χ1n) is 7.22. The topological polar surface area (TPSA) is 97.9 Å². The lowest BCUT2D eigenvalue weighted by Gasteiger charge is -2.07. The second kappa shape index (κ2) is 6.72. The zero-order valence-electron chi connectivity index (χ0n) is 12.5. The first kappa shape index (κ1) is 16.0. The van der Waals surface area contributed by atoms with E-state index >= 15 is 0 Å². The van der Waals surface area contributed by atoms with Gasteiger partial charge in [0.25, 0.3) is 0 Å². The molecule has 2 heterocycles. The van der Waals surface area contributed by atoms with Crippen LogP contribution in [-0.2, 0) is 17.8 Å². The Morgan fingerprint density at radius 2 is 2.08 bits per heavy atom. The van der Waals surface area contributed by atoms with E-state index in [-0.39, 0.29) is 24.6 Å². The number of halogens is 1. The fourth-order valence-corrected chi connectivity index (χ4v) is 2.66. The summed E-state index contributed by atoms with van der Waals surface area (Å²) < 4.78 is 0. The molecule has 0 radical (unpaired) electrons. The SMILES string of the molecule is O=C(Cc1c(C(=O)[O-])[nH]c2ccc(Cl)cc12)NCc1ccccn1. The second-order valence-corrected chi connectivity index (χ2v) is 5.67. The molecular formula is C17H13ClN3O3-. The molecule has 0 fully saturated rings. The normalized spacial score (nSPS) is 10.7. The number of nitrogens with zero attached hydrogens (tertiary/aromatic N) is 1. The Balaban J connectivity index is 1.83. The molecule has 0 aliphatic rings. The molecule has 122 valence electrons. The number of hydrogen-bond donors (Lipinski definition) is 2. The molecule has 0 unspecified atom stereocenters. The van der Waals surface area contributed by atoms with Crippen molar-refractivity contribution < 1.29 is 14.7 Å². The molecular weight excluding hydrogens is 330 g/mol. The summed E-state index contributed by atoms with van der Waals surface area (Å²) in [5.41, 5.74) is 1.55. The van der Waals surface area contributed by atoms with Crippen molar-refractivity contribution in [1.82, 2.24) is 15.3 Å². The van der Waals surface area contributed by atoms with Gasteiger partial charge in [0.05, 0.1) is 30.3 Å². The Bertz CT molecular complexity index is 906. The number of carbonyl (C=O) groups excluding carboxylic acids is 2. The van der Waals surface area contributed by atoms with Crippen LogP contribution in [0.3, 0.4) is 0 Å². The first-order valence-corrected chi connectivity index (χ1v) is 7.60. The van der Waals surface area contributed by atoms with Gasteiger partial charge in [-0.3, -0.25) is 9.78 Å². The van der Waals surface area contributed by atoms with Crippen molar-refractivity contribution in [2.75, 3.05) is 0 Å². The van der Waals surface area contributed by atoms with Crippen LogP contribution in [-0.4, -0.2) is 21.8 Å². The van der Waals surface area contributed by atoms with Crippen LogP contribution in [0.25, 0.3) is 10.9 Å². The Labute approximate surface area is 142 Å². The van der Waals surface area contributed by atoms with Crippen LogP contribution in [0, 0.1) is 0 Å².